The number of furan rings is 1. The number of rotatable bonds is 3. The smallest absolute Gasteiger partial charge is 0.310 e. The van der Waals surface area contributed by atoms with E-state index in [9.17, 15) is 9.59 Å². The van der Waals surface area contributed by atoms with Crippen LogP contribution in [-0.4, -0.2) is 19.0 Å². The maximum Gasteiger partial charge on any atom is 0.310 e. The first-order valence-corrected chi connectivity index (χ1v) is 5.48. The van der Waals surface area contributed by atoms with Gasteiger partial charge in [-0.15, -0.1) is 0 Å². The molecule has 0 saturated heterocycles. The Bertz CT molecular complexity index is 640. The zero-order valence-corrected chi connectivity index (χ0v) is 10.7. The molecule has 0 fully saturated rings. The molecule has 1 aromatic heterocycles. The lowest BCUT2D eigenvalue weighted by atomic mass is 10.2. The fourth-order valence-corrected chi connectivity index (χ4v) is 1.65. The summed E-state index contributed by atoms with van der Waals surface area (Å²) in [6.45, 7) is 2.57. The van der Waals surface area contributed by atoms with Crippen LogP contribution in [-0.2, 0) is 9.59 Å². The van der Waals surface area contributed by atoms with Gasteiger partial charge >= 0.3 is 11.9 Å². The van der Waals surface area contributed by atoms with Crippen LogP contribution < -0.4 is 14.2 Å². The molecule has 0 amide bonds. The molecule has 0 aliphatic rings. The highest BCUT2D eigenvalue weighted by Gasteiger charge is 2.14. The molecular formula is C13H12O6. The quantitative estimate of drug-likeness (QED) is 0.625. The van der Waals surface area contributed by atoms with Crippen molar-refractivity contribution < 1.29 is 28.2 Å². The van der Waals surface area contributed by atoms with Crippen molar-refractivity contribution in [1.29, 1.82) is 0 Å². The van der Waals surface area contributed by atoms with E-state index in [2.05, 4.69) is 0 Å². The summed E-state index contributed by atoms with van der Waals surface area (Å²) < 4.78 is 20.3. The average molecular weight is 264 g/mol. The monoisotopic (exact) mass is 264 g/mol. The maximum absolute atomic E-state index is 10.9. The van der Waals surface area contributed by atoms with Crippen molar-refractivity contribution in [2.24, 2.45) is 0 Å². The minimum atomic E-state index is -0.488. The summed E-state index contributed by atoms with van der Waals surface area (Å²) in [6, 6.07) is 4.61. The van der Waals surface area contributed by atoms with Gasteiger partial charge in [-0.2, -0.15) is 0 Å². The van der Waals surface area contributed by atoms with Crippen molar-refractivity contribution in [2.45, 2.75) is 13.8 Å². The van der Waals surface area contributed by atoms with Crippen molar-refractivity contribution >= 4 is 22.9 Å². The largest absolute Gasteiger partial charge is 0.496 e. The Morgan fingerprint density at radius 2 is 1.74 bits per heavy atom. The van der Waals surface area contributed by atoms with Gasteiger partial charge in [-0.25, -0.2) is 0 Å². The van der Waals surface area contributed by atoms with Crippen LogP contribution in [0.5, 0.6) is 17.4 Å². The van der Waals surface area contributed by atoms with Gasteiger partial charge in [-0.05, 0) is 0 Å². The van der Waals surface area contributed by atoms with Gasteiger partial charge in [0.25, 0.3) is 5.95 Å². The standard InChI is InChI=1S/C13H12O6/c1-7(14)17-9-4-11(16-3)10-6-13(18-8(2)15)19-12(10)5-9/h4-6H,1-3H3. The number of esters is 2. The van der Waals surface area contributed by atoms with E-state index in [0.29, 0.717) is 22.5 Å². The van der Waals surface area contributed by atoms with Crippen LogP contribution >= 0.6 is 0 Å². The summed E-state index contributed by atoms with van der Waals surface area (Å²) in [6.07, 6.45) is 0. The normalized spacial score (nSPS) is 10.3. The summed E-state index contributed by atoms with van der Waals surface area (Å²) in [7, 11) is 1.48. The molecule has 0 atom stereocenters. The molecule has 0 unspecified atom stereocenters. The number of methoxy groups -OCH3 is 1. The number of carbonyl (C=O) groups is 2. The van der Waals surface area contributed by atoms with E-state index >= 15 is 0 Å². The van der Waals surface area contributed by atoms with Crippen LogP contribution in [0.1, 0.15) is 13.8 Å². The molecule has 0 N–H and O–H groups in total. The second-order valence-electron chi connectivity index (χ2n) is 3.79. The molecule has 0 spiro atoms. The molecule has 0 aliphatic heterocycles. The van der Waals surface area contributed by atoms with Crippen molar-refractivity contribution in [3.8, 4) is 17.4 Å². The average Bonchev–Trinajstić information content (AvgIpc) is 2.68. The molecule has 6 nitrogen and oxygen atoms in total. The van der Waals surface area contributed by atoms with Gasteiger partial charge in [0.2, 0.25) is 0 Å². The van der Waals surface area contributed by atoms with Crippen LogP contribution in [0.25, 0.3) is 11.0 Å². The van der Waals surface area contributed by atoms with Crippen LogP contribution in [0.15, 0.2) is 22.6 Å². The van der Waals surface area contributed by atoms with Crippen molar-refractivity contribution in [3.63, 3.8) is 0 Å². The van der Waals surface area contributed by atoms with Crippen LogP contribution in [0.4, 0.5) is 0 Å². The summed E-state index contributed by atoms with van der Waals surface area (Å²) >= 11 is 0. The number of hydrogen-bond donors (Lipinski definition) is 0. The van der Waals surface area contributed by atoms with Crippen LogP contribution in [0.2, 0.25) is 0 Å². The first-order chi connectivity index (χ1) is 8.99. The molecule has 0 radical (unpaired) electrons. The van der Waals surface area contributed by atoms with Crippen molar-refractivity contribution in [1.82, 2.24) is 0 Å². The summed E-state index contributed by atoms with van der Waals surface area (Å²) in [5.41, 5.74) is 0.395. The lowest BCUT2D eigenvalue weighted by Gasteiger charge is -2.04. The van der Waals surface area contributed by atoms with Gasteiger partial charge in [0.15, 0.2) is 0 Å². The molecule has 1 heterocycles. The Kier molecular flexibility index (Phi) is 3.41. The molecule has 0 aliphatic carbocycles. The zero-order chi connectivity index (χ0) is 14.0. The molecule has 0 saturated carbocycles. The fraction of sp³-hybridized carbons (Fsp3) is 0.231. The van der Waals surface area contributed by atoms with Gasteiger partial charge in [0.1, 0.15) is 17.1 Å². The Hall–Kier alpha value is -2.50. The first-order valence-electron chi connectivity index (χ1n) is 5.48. The molecular weight excluding hydrogens is 252 g/mol. The Balaban J connectivity index is 2.49. The van der Waals surface area contributed by atoms with E-state index in [-0.39, 0.29) is 5.95 Å². The highest BCUT2D eigenvalue weighted by molar-refractivity contribution is 5.88. The Labute approximate surface area is 108 Å². The zero-order valence-electron chi connectivity index (χ0n) is 10.7. The van der Waals surface area contributed by atoms with E-state index in [1.54, 1.807) is 6.07 Å². The number of ether oxygens (including phenoxy) is 3. The molecule has 6 heteroatoms. The number of hydrogen-bond acceptors (Lipinski definition) is 6. The molecule has 2 rings (SSSR count). The predicted octanol–water partition coefficient (Wildman–Crippen LogP) is 2.29. The van der Waals surface area contributed by atoms with E-state index < -0.39 is 11.9 Å². The third-order valence-corrected chi connectivity index (χ3v) is 2.28. The fourth-order valence-electron chi connectivity index (χ4n) is 1.65. The minimum absolute atomic E-state index is 0.0563. The Morgan fingerprint density at radius 1 is 1.05 bits per heavy atom. The molecule has 19 heavy (non-hydrogen) atoms. The van der Waals surface area contributed by atoms with E-state index in [4.69, 9.17) is 18.6 Å². The predicted molar refractivity (Wildman–Crippen MR) is 65.4 cm³/mol. The Morgan fingerprint density at radius 3 is 2.32 bits per heavy atom. The number of benzene rings is 1. The lowest BCUT2D eigenvalue weighted by molar-refractivity contribution is -0.133. The number of fused-ring (bicyclic) bond motifs is 1. The second kappa shape index (κ2) is 5.01. The summed E-state index contributed by atoms with van der Waals surface area (Å²) in [5, 5.41) is 0.620. The summed E-state index contributed by atoms with van der Waals surface area (Å²) in [4.78, 5) is 21.8. The SMILES string of the molecule is COc1cc(OC(C)=O)cc2oc(OC(C)=O)cc12. The molecule has 100 valence electrons. The maximum atomic E-state index is 10.9. The van der Waals surface area contributed by atoms with Gasteiger partial charge in [-0.3, -0.25) is 9.59 Å². The third kappa shape index (κ3) is 2.85. The highest BCUT2D eigenvalue weighted by atomic mass is 16.6. The highest BCUT2D eigenvalue weighted by Crippen LogP contribution is 2.36. The molecule has 2 aromatic rings. The van der Waals surface area contributed by atoms with Gasteiger partial charge < -0.3 is 18.6 Å². The second-order valence-corrected chi connectivity index (χ2v) is 3.79. The topological polar surface area (TPSA) is 75.0 Å². The van der Waals surface area contributed by atoms with E-state index in [1.807, 2.05) is 0 Å². The minimum Gasteiger partial charge on any atom is -0.496 e. The summed E-state index contributed by atoms with van der Waals surface area (Å²) in [5.74, 6) is -0.136. The molecule has 0 bridgehead atoms. The van der Waals surface area contributed by atoms with E-state index in [1.165, 1.54) is 33.1 Å². The van der Waals surface area contributed by atoms with Gasteiger partial charge in [0.05, 0.1) is 12.5 Å². The first kappa shape index (κ1) is 12.9. The van der Waals surface area contributed by atoms with Gasteiger partial charge in [-0.1, -0.05) is 0 Å². The van der Waals surface area contributed by atoms with Gasteiger partial charge in [0, 0.05) is 32.0 Å². The molecule has 1 aromatic carbocycles. The van der Waals surface area contributed by atoms with Crippen LogP contribution in [0.3, 0.4) is 0 Å². The van der Waals surface area contributed by atoms with Crippen molar-refractivity contribution in [3.05, 3.63) is 18.2 Å². The van der Waals surface area contributed by atoms with E-state index in [0.717, 1.165) is 0 Å². The third-order valence-electron chi connectivity index (χ3n) is 2.28. The van der Waals surface area contributed by atoms with Crippen molar-refractivity contribution in [2.75, 3.05) is 7.11 Å². The van der Waals surface area contributed by atoms with Crippen LogP contribution in [0, 0.1) is 0 Å². The number of carbonyl (C=O) groups excluding carboxylic acids is 2. The lowest BCUT2D eigenvalue weighted by Crippen LogP contribution is -2.01.